The highest BCUT2D eigenvalue weighted by Gasteiger charge is 2.26. The Morgan fingerprint density at radius 1 is 1.38 bits per heavy atom. The highest BCUT2D eigenvalue weighted by molar-refractivity contribution is 9.10. The highest BCUT2D eigenvalue weighted by Crippen LogP contribution is 2.27. The van der Waals surface area contributed by atoms with Gasteiger partial charge in [-0.3, -0.25) is 0 Å². The molecule has 0 unspecified atom stereocenters. The first-order valence-corrected chi connectivity index (χ1v) is 9.28. The van der Waals surface area contributed by atoms with E-state index in [1.54, 1.807) is 6.07 Å². The van der Waals surface area contributed by atoms with Gasteiger partial charge in [-0.1, -0.05) is 13.8 Å². The van der Waals surface area contributed by atoms with Gasteiger partial charge in [0.15, 0.2) is 4.67 Å². The molecule has 1 aromatic rings. The zero-order valence-corrected chi connectivity index (χ0v) is 14.6. The number of hydrogen-bond acceptors (Lipinski definition) is 5. The topological polar surface area (TPSA) is 80.6 Å². The lowest BCUT2D eigenvalue weighted by molar-refractivity contribution is 0.0832. The summed E-state index contributed by atoms with van der Waals surface area (Å²) in [6, 6.07) is 1.78. The zero-order valence-electron chi connectivity index (χ0n) is 12.2. The van der Waals surface area contributed by atoms with Gasteiger partial charge in [-0.05, 0) is 28.8 Å². The molecule has 0 aliphatic carbocycles. The molecule has 0 amide bonds. The summed E-state index contributed by atoms with van der Waals surface area (Å²) in [6.45, 7) is 5.69. The van der Waals surface area contributed by atoms with Crippen LogP contribution < -0.4 is 10.0 Å². The van der Waals surface area contributed by atoms with E-state index in [1.165, 1.54) is 0 Å². The number of sulfonamides is 1. The number of ether oxygens (including phenoxy) is 1. The first-order chi connectivity index (χ1) is 9.88. The molecular weight excluding hydrogens is 360 g/mol. The van der Waals surface area contributed by atoms with E-state index >= 15 is 0 Å². The van der Waals surface area contributed by atoms with Crippen LogP contribution in [0.25, 0.3) is 0 Å². The van der Waals surface area contributed by atoms with Gasteiger partial charge in [0, 0.05) is 31.4 Å². The smallest absolute Gasteiger partial charge is 0.245 e. The van der Waals surface area contributed by atoms with Crippen molar-refractivity contribution >= 4 is 26.0 Å². The maximum absolute atomic E-state index is 12.4. The van der Waals surface area contributed by atoms with Crippen LogP contribution in [-0.2, 0) is 21.3 Å². The molecule has 2 heterocycles. The summed E-state index contributed by atoms with van der Waals surface area (Å²) in [6.07, 6.45) is 1.38. The monoisotopic (exact) mass is 380 g/mol. The van der Waals surface area contributed by atoms with Crippen LogP contribution in [0.15, 0.2) is 20.0 Å². The van der Waals surface area contributed by atoms with Crippen LogP contribution in [0.2, 0.25) is 0 Å². The van der Waals surface area contributed by atoms with Crippen molar-refractivity contribution in [2.45, 2.75) is 50.2 Å². The molecule has 120 valence electrons. The molecule has 1 fully saturated rings. The number of furan rings is 1. The molecule has 21 heavy (non-hydrogen) atoms. The minimum Gasteiger partial charge on any atom is -0.452 e. The molecule has 1 aromatic heterocycles. The van der Waals surface area contributed by atoms with Gasteiger partial charge in [0.25, 0.3) is 0 Å². The number of nitrogens with one attached hydrogen (secondary N) is 2. The molecule has 1 aliphatic rings. The third-order valence-electron chi connectivity index (χ3n) is 3.22. The molecule has 0 radical (unpaired) electrons. The van der Waals surface area contributed by atoms with Gasteiger partial charge < -0.3 is 14.5 Å². The third-order valence-corrected chi connectivity index (χ3v) is 5.60. The van der Waals surface area contributed by atoms with Crippen LogP contribution in [0.1, 0.15) is 32.4 Å². The first-order valence-electron chi connectivity index (χ1n) is 7.00. The average Bonchev–Trinajstić information content (AvgIpc) is 2.79. The van der Waals surface area contributed by atoms with Crippen LogP contribution in [0.5, 0.6) is 0 Å². The molecular formula is C13H21BrN2O4S. The Balaban J connectivity index is 2.08. The SMILES string of the molecule is CC(C)NCc1cc(S(=O)(=O)NC2CCOCC2)c(Br)o1. The van der Waals surface area contributed by atoms with Crippen LogP contribution in [0.3, 0.4) is 0 Å². The summed E-state index contributed by atoms with van der Waals surface area (Å²) in [7, 11) is -3.58. The van der Waals surface area contributed by atoms with E-state index in [9.17, 15) is 8.42 Å². The fourth-order valence-electron chi connectivity index (χ4n) is 2.07. The zero-order chi connectivity index (χ0) is 15.5. The summed E-state index contributed by atoms with van der Waals surface area (Å²) in [5.74, 6) is 0.586. The van der Waals surface area contributed by atoms with Crippen molar-refractivity contribution in [3.63, 3.8) is 0 Å². The van der Waals surface area contributed by atoms with Gasteiger partial charge in [-0.25, -0.2) is 13.1 Å². The Labute approximate surface area is 133 Å². The number of halogens is 1. The van der Waals surface area contributed by atoms with Crippen LogP contribution in [-0.4, -0.2) is 33.7 Å². The molecule has 1 saturated heterocycles. The second kappa shape index (κ2) is 7.23. The van der Waals surface area contributed by atoms with Crippen LogP contribution in [0, 0.1) is 0 Å². The Bertz CT molecular complexity index is 565. The van der Waals surface area contributed by atoms with Crippen molar-refractivity contribution in [2.24, 2.45) is 0 Å². The quantitative estimate of drug-likeness (QED) is 0.788. The molecule has 1 aliphatic heterocycles. The van der Waals surface area contributed by atoms with E-state index in [0.717, 1.165) is 0 Å². The predicted molar refractivity (Wildman–Crippen MR) is 82.5 cm³/mol. The summed E-state index contributed by atoms with van der Waals surface area (Å²) in [5, 5.41) is 3.19. The lowest BCUT2D eigenvalue weighted by Crippen LogP contribution is -2.38. The van der Waals surface area contributed by atoms with Gasteiger partial charge in [0.1, 0.15) is 10.7 Å². The lowest BCUT2D eigenvalue weighted by Gasteiger charge is -2.22. The fraction of sp³-hybridized carbons (Fsp3) is 0.692. The molecule has 6 nitrogen and oxygen atoms in total. The summed E-state index contributed by atoms with van der Waals surface area (Å²) in [4.78, 5) is 0.148. The Morgan fingerprint density at radius 3 is 2.67 bits per heavy atom. The lowest BCUT2D eigenvalue weighted by atomic mass is 10.1. The van der Waals surface area contributed by atoms with Crippen molar-refractivity contribution in [1.82, 2.24) is 10.0 Å². The van der Waals surface area contributed by atoms with E-state index in [0.29, 0.717) is 44.4 Å². The standard InChI is InChI=1S/C13H21BrN2O4S/c1-9(2)15-8-11-7-12(13(14)20-11)21(17,18)16-10-3-5-19-6-4-10/h7,9-10,15-16H,3-6,8H2,1-2H3. The molecule has 0 spiro atoms. The van der Waals surface area contributed by atoms with Crippen LogP contribution in [0.4, 0.5) is 0 Å². The van der Waals surface area contributed by atoms with E-state index in [-0.39, 0.29) is 15.6 Å². The van der Waals surface area contributed by atoms with E-state index < -0.39 is 10.0 Å². The van der Waals surface area contributed by atoms with Gasteiger partial charge in [-0.15, -0.1) is 0 Å². The molecule has 2 rings (SSSR count). The van der Waals surface area contributed by atoms with Crippen molar-refractivity contribution in [3.8, 4) is 0 Å². The second-order valence-corrected chi connectivity index (χ2v) is 7.80. The molecule has 8 heteroatoms. The van der Waals surface area contributed by atoms with Crippen LogP contribution >= 0.6 is 15.9 Å². The largest absolute Gasteiger partial charge is 0.452 e. The summed E-state index contributed by atoms with van der Waals surface area (Å²) < 4.78 is 38.5. The average molecular weight is 381 g/mol. The van der Waals surface area contributed by atoms with E-state index in [4.69, 9.17) is 9.15 Å². The van der Waals surface area contributed by atoms with Crippen molar-refractivity contribution in [1.29, 1.82) is 0 Å². The minimum absolute atomic E-state index is 0.0808. The predicted octanol–water partition coefficient (Wildman–Crippen LogP) is 2.00. The summed E-state index contributed by atoms with van der Waals surface area (Å²) >= 11 is 3.19. The number of rotatable bonds is 6. The maximum atomic E-state index is 12.4. The second-order valence-electron chi connectivity index (χ2n) is 5.39. The van der Waals surface area contributed by atoms with Gasteiger partial charge in [0.05, 0.1) is 6.54 Å². The van der Waals surface area contributed by atoms with Crippen molar-refractivity contribution < 1.29 is 17.6 Å². The first kappa shape index (κ1) is 17.0. The fourth-order valence-corrected chi connectivity index (χ4v) is 4.37. The van der Waals surface area contributed by atoms with Crippen molar-refractivity contribution in [2.75, 3.05) is 13.2 Å². The molecule has 0 aromatic carbocycles. The number of hydrogen-bond donors (Lipinski definition) is 2. The summed E-state index contributed by atoms with van der Waals surface area (Å²) in [5.41, 5.74) is 0. The molecule has 2 N–H and O–H groups in total. The molecule has 0 saturated carbocycles. The third kappa shape index (κ3) is 4.79. The van der Waals surface area contributed by atoms with Gasteiger partial charge in [0.2, 0.25) is 10.0 Å². The Morgan fingerprint density at radius 2 is 2.05 bits per heavy atom. The molecule has 0 bridgehead atoms. The Hall–Kier alpha value is -0.410. The van der Waals surface area contributed by atoms with Crippen molar-refractivity contribution in [3.05, 3.63) is 16.5 Å². The van der Waals surface area contributed by atoms with Gasteiger partial charge >= 0.3 is 0 Å². The van der Waals surface area contributed by atoms with E-state index in [1.807, 2.05) is 13.8 Å². The maximum Gasteiger partial charge on any atom is 0.245 e. The minimum atomic E-state index is -3.58. The van der Waals surface area contributed by atoms with E-state index in [2.05, 4.69) is 26.0 Å². The normalized spacial score (nSPS) is 17.5. The van der Waals surface area contributed by atoms with Gasteiger partial charge in [-0.2, -0.15) is 0 Å². The highest BCUT2D eigenvalue weighted by atomic mass is 79.9. The molecule has 0 atom stereocenters. The Kier molecular flexibility index (Phi) is 5.84.